The Labute approximate surface area is 186 Å². The van der Waals surface area contributed by atoms with Crippen molar-refractivity contribution < 1.29 is 16.8 Å². The van der Waals surface area contributed by atoms with E-state index in [1.54, 1.807) is 18.2 Å². The normalized spacial score (nSPS) is 12.1. The number of hydrogen-bond acceptors (Lipinski definition) is 6. The van der Waals surface area contributed by atoms with Gasteiger partial charge in [0.1, 0.15) is 0 Å². The molecule has 0 aliphatic carbocycles. The molecule has 0 heterocycles. The summed E-state index contributed by atoms with van der Waals surface area (Å²) in [7, 11) is -6.04. The molecular weight excluding hydrogens is 432 g/mol. The molecule has 0 aromatic heterocycles. The number of benzene rings is 2. The van der Waals surface area contributed by atoms with E-state index in [-0.39, 0.29) is 36.1 Å². The summed E-state index contributed by atoms with van der Waals surface area (Å²) in [6.45, 7) is 2.38. The van der Waals surface area contributed by atoms with Gasteiger partial charge in [-0.25, -0.2) is 16.8 Å². The second-order valence-corrected chi connectivity index (χ2v) is 11.4. The average molecular weight is 465 g/mol. The fraction of sp³-hybridized carbons (Fsp3) is 0.304. The van der Waals surface area contributed by atoms with Crippen molar-refractivity contribution >= 4 is 31.8 Å². The standard InChI is InChI=1S/C12H17NO2S.C11H15NO2S/c1-11-4-6-12(7-5-11)3-2-9-16(14,15)10-8-13;12-8-10-15(13,14)9-4-7-11-5-2-1-3-6-11/h2-7H,8-10,13H2,1H3;1-7H,8-10,12H2/b3-2+;7-4+. The van der Waals surface area contributed by atoms with E-state index in [0.29, 0.717) is 0 Å². The Balaban J connectivity index is 0.000000311. The van der Waals surface area contributed by atoms with Gasteiger partial charge in [-0.15, -0.1) is 0 Å². The van der Waals surface area contributed by atoms with Crippen LogP contribution in [0.4, 0.5) is 0 Å². The smallest absolute Gasteiger partial charge is 0.155 e. The maximum absolute atomic E-state index is 11.3. The minimum Gasteiger partial charge on any atom is -0.329 e. The number of sulfone groups is 2. The molecule has 0 fully saturated rings. The van der Waals surface area contributed by atoms with E-state index in [4.69, 9.17) is 11.5 Å². The summed E-state index contributed by atoms with van der Waals surface area (Å²) in [6.07, 6.45) is 6.93. The topological polar surface area (TPSA) is 120 Å². The second kappa shape index (κ2) is 13.9. The van der Waals surface area contributed by atoms with E-state index >= 15 is 0 Å². The van der Waals surface area contributed by atoms with Crippen LogP contribution < -0.4 is 11.5 Å². The van der Waals surface area contributed by atoms with Crippen LogP contribution in [0.5, 0.6) is 0 Å². The minimum absolute atomic E-state index is 0.0469. The molecule has 31 heavy (non-hydrogen) atoms. The van der Waals surface area contributed by atoms with E-state index in [1.165, 1.54) is 5.56 Å². The van der Waals surface area contributed by atoms with Crippen LogP contribution in [-0.2, 0) is 19.7 Å². The van der Waals surface area contributed by atoms with Crippen molar-refractivity contribution in [3.8, 4) is 0 Å². The van der Waals surface area contributed by atoms with Gasteiger partial charge in [0.2, 0.25) is 0 Å². The highest BCUT2D eigenvalue weighted by Gasteiger charge is 2.06. The van der Waals surface area contributed by atoms with Gasteiger partial charge >= 0.3 is 0 Å². The molecule has 2 aromatic carbocycles. The molecule has 0 radical (unpaired) electrons. The van der Waals surface area contributed by atoms with Crippen molar-refractivity contribution in [3.63, 3.8) is 0 Å². The van der Waals surface area contributed by atoms with Gasteiger partial charge in [0.05, 0.1) is 23.0 Å². The maximum Gasteiger partial charge on any atom is 0.155 e. The van der Waals surface area contributed by atoms with Gasteiger partial charge in [0.25, 0.3) is 0 Å². The molecule has 2 aromatic rings. The lowest BCUT2D eigenvalue weighted by Gasteiger charge is -1.98. The van der Waals surface area contributed by atoms with E-state index in [1.807, 2.05) is 67.6 Å². The molecule has 0 aliphatic rings. The zero-order valence-corrected chi connectivity index (χ0v) is 19.5. The predicted molar refractivity (Wildman–Crippen MR) is 131 cm³/mol. The van der Waals surface area contributed by atoms with Gasteiger partial charge in [0.15, 0.2) is 19.7 Å². The third-order valence-electron chi connectivity index (χ3n) is 4.06. The second-order valence-electron chi connectivity index (χ2n) is 6.93. The molecule has 0 saturated heterocycles. The van der Waals surface area contributed by atoms with Gasteiger partial charge in [-0.1, -0.05) is 84.5 Å². The van der Waals surface area contributed by atoms with Crippen molar-refractivity contribution in [3.05, 3.63) is 83.4 Å². The molecule has 0 amide bonds. The molecule has 6 nitrogen and oxygen atoms in total. The summed E-state index contributed by atoms with van der Waals surface area (Å²) in [4.78, 5) is 0. The first-order valence-electron chi connectivity index (χ1n) is 9.93. The van der Waals surface area contributed by atoms with E-state index in [0.717, 1.165) is 11.1 Å². The fourth-order valence-electron chi connectivity index (χ4n) is 2.43. The lowest BCUT2D eigenvalue weighted by molar-refractivity contribution is 0.597. The van der Waals surface area contributed by atoms with E-state index < -0.39 is 19.7 Å². The highest BCUT2D eigenvalue weighted by molar-refractivity contribution is 7.91. The highest BCUT2D eigenvalue weighted by Crippen LogP contribution is 2.05. The number of nitrogens with two attached hydrogens (primary N) is 2. The Morgan fingerprint density at radius 3 is 1.52 bits per heavy atom. The first kappa shape index (κ1) is 26.8. The van der Waals surface area contributed by atoms with Crippen LogP contribution >= 0.6 is 0 Å². The Hall–Kier alpha value is -2.26. The summed E-state index contributed by atoms with van der Waals surface area (Å²) >= 11 is 0. The van der Waals surface area contributed by atoms with Crippen LogP contribution in [0.25, 0.3) is 12.2 Å². The van der Waals surface area contributed by atoms with E-state index in [9.17, 15) is 16.8 Å². The van der Waals surface area contributed by atoms with Gasteiger partial charge in [-0.2, -0.15) is 0 Å². The Kier molecular flexibility index (Phi) is 12.0. The number of rotatable bonds is 10. The molecular formula is C23H32N2O4S2. The SMILES string of the molecule is Cc1ccc(/C=C/CS(=O)(=O)CCN)cc1.NCCS(=O)(=O)C/C=C/c1ccccc1. The van der Waals surface area contributed by atoms with Crippen molar-refractivity contribution in [2.75, 3.05) is 36.1 Å². The Morgan fingerprint density at radius 2 is 1.10 bits per heavy atom. The monoisotopic (exact) mass is 464 g/mol. The van der Waals surface area contributed by atoms with Gasteiger partial charge in [-0.05, 0) is 18.1 Å². The van der Waals surface area contributed by atoms with Crippen molar-refractivity contribution in [1.29, 1.82) is 0 Å². The Morgan fingerprint density at radius 1 is 0.677 bits per heavy atom. The first-order chi connectivity index (χ1) is 14.7. The zero-order chi connectivity index (χ0) is 23.2. The summed E-state index contributed by atoms with van der Waals surface area (Å²) in [5, 5.41) is 0. The lowest BCUT2D eigenvalue weighted by Crippen LogP contribution is -2.17. The van der Waals surface area contributed by atoms with Gasteiger partial charge in [-0.3, -0.25) is 0 Å². The van der Waals surface area contributed by atoms with Gasteiger partial charge < -0.3 is 11.5 Å². The van der Waals surface area contributed by atoms with Crippen LogP contribution in [-0.4, -0.2) is 52.9 Å². The van der Waals surface area contributed by atoms with Crippen LogP contribution in [0.2, 0.25) is 0 Å². The minimum atomic E-state index is -3.02. The molecule has 0 spiro atoms. The van der Waals surface area contributed by atoms with Crippen molar-refractivity contribution in [1.82, 2.24) is 0 Å². The molecule has 4 N–H and O–H groups in total. The summed E-state index contributed by atoms with van der Waals surface area (Å²) in [5.41, 5.74) is 13.6. The van der Waals surface area contributed by atoms with Crippen molar-refractivity contribution in [2.45, 2.75) is 6.92 Å². The van der Waals surface area contributed by atoms with Crippen LogP contribution in [0.1, 0.15) is 16.7 Å². The van der Waals surface area contributed by atoms with Crippen LogP contribution in [0, 0.1) is 6.92 Å². The van der Waals surface area contributed by atoms with Crippen LogP contribution in [0.15, 0.2) is 66.7 Å². The molecule has 8 heteroatoms. The van der Waals surface area contributed by atoms with E-state index in [2.05, 4.69) is 0 Å². The molecule has 0 saturated carbocycles. The number of hydrogen-bond donors (Lipinski definition) is 2. The fourth-order valence-corrected chi connectivity index (χ4v) is 4.26. The first-order valence-corrected chi connectivity index (χ1v) is 13.6. The average Bonchev–Trinajstić information content (AvgIpc) is 2.70. The largest absolute Gasteiger partial charge is 0.329 e. The number of aryl methyl sites for hydroxylation is 1. The maximum atomic E-state index is 11.3. The highest BCUT2D eigenvalue weighted by atomic mass is 32.2. The molecule has 0 unspecified atom stereocenters. The molecule has 0 aliphatic heterocycles. The Bertz CT molecular complexity index is 1030. The summed E-state index contributed by atoms with van der Waals surface area (Å²) in [5.74, 6) is 0.203. The van der Waals surface area contributed by atoms with Crippen LogP contribution in [0.3, 0.4) is 0 Å². The molecule has 0 bridgehead atoms. The predicted octanol–water partition coefficient (Wildman–Crippen LogP) is 2.46. The third-order valence-corrected chi connectivity index (χ3v) is 7.17. The lowest BCUT2D eigenvalue weighted by atomic mass is 10.1. The molecule has 170 valence electrons. The molecule has 2 rings (SSSR count). The van der Waals surface area contributed by atoms with Gasteiger partial charge in [0, 0.05) is 13.1 Å². The quantitative estimate of drug-likeness (QED) is 0.557. The van der Waals surface area contributed by atoms with Crippen molar-refractivity contribution in [2.24, 2.45) is 11.5 Å². The molecule has 0 atom stereocenters. The summed E-state index contributed by atoms with van der Waals surface area (Å²) in [6, 6.07) is 17.5. The third kappa shape index (κ3) is 12.9. The summed E-state index contributed by atoms with van der Waals surface area (Å²) < 4.78 is 45.3. The zero-order valence-electron chi connectivity index (χ0n) is 17.9.